The zero-order valence-electron chi connectivity index (χ0n) is 12.7. The van der Waals surface area contributed by atoms with Crippen LogP contribution in [0.4, 0.5) is 8.78 Å². The molecule has 2 rings (SSSR count). The summed E-state index contributed by atoms with van der Waals surface area (Å²) in [7, 11) is -1.37. The summed E-state index contributed by atoms with van der Waals surface area (Å²) in [6, 6.07) is 3.50. The van der Waals surface area contributed by atoms with E-state index in [1.165, 1.54) is 6.07 Å². The smallest absolute Gasteiger partial charge is 0.231 e. The maximum atomic E-state index is 13.2. The van der Waals surface area contributed by atoms with Crippen LogP contribution in [0.2, 0.25) is 0 Å². The molecule has 22 heavy (non-hydrogen) atoms. The van der Waals surface area contributed by atoms with E-state index in [9.17, 15) is 13.0 Å². The van der Waals surface area contributed by atoms with Gasteiger partial charge in [0.2, 0.25) is 11.8 Å². The summed E-state index contributed by atoms with van der Waals surface area (Å²) >= 11 is 0. The van der Waals surface area contributed by atoms with E-state index in [1.54, 1.807) is 6.92 Å². The Morgan fingerprint density at radius 2 is 1.91 bits per heavy atom. The molecule has 0 aliphatic heterocycles. The normalized spacial score (nSPS) is 14.3. The fourth-order valence-corrected chi connectivity index (χ4v) is 2.97. The highest BCUT2D eigenvalue weighted by Crippen LogP contribution is 2.22. The zero-order chi connectivity index (χ0) is 16.3. The van der Waals surface area contributed by atoms with E-state index >= 15 is 0 Å². The second-order valence-electron chi connectivity index (χ2n) is 5.55. The van der Waals surface area contributed by atoms with Gasteiger partial charge in [-0.1, -0.05) is 19.9 Å². The molecule has 0 bridgehead atoms. The predicted octanol–water partition coefficient (Wildman–Crippen LogP) is 3.56. The molecule has 1 aromatic heterocycles. The highest BCUT2D eigenvalue weighted by Gasteiger charge is 2.21. The van der Waals surface area contributed by atoms with Crippen molar-refractivity contribution >= 4 is 10.8 Å². The van der Waals surface area contributed by atoms with Crippen LogP contribution in [0.1, 0.15) is 43.4 Å². The monoisotopic (exact) mass is 328 g/mol. The molecule has 0 saturated heterocycles. The first kappa shape index (κ1) is 16.7. The number of aromatic nitrogens is 2. The number of hydrogen-bond donors (Lipinski definition) is 0. The number of halogens is 2. The Labute approximate surface area is 130 Å². The third kappa shape index (κ3) is 4.19. The Balaban J connectivity index is 2.05. The lowest BCUT2D eigenvalue weighted by Gasteiger charge is -2.07. The molecule has 120 valence electrons. The van der Waals surface area contributed by atoms with E-state index in [2.05, 4.69) is 10.2 Å². The average Bonchev–Trinajstić information content (AvgIpc) is 2.89. The van der Waals surface area contributed by atoms with Gasteiger partial charge in [-0.15, -0.1) is 10.2 Å². The topological polar surface area (TPSA) is 56.0 Å². The SMILES string of the molecule is CC(C)Cc1nnc([C@H](C)[S@@](=O)Cc2ccc(F)c(F)c2)o1. The van der Waals surface area contributed by atoms with Gasteiger partial charge in [-0.2, -0.15) is 0 Å². The Hall–Kier alpha value is -1.63. The summed E-state index contributed by atoms with van der Waals surface area (Å²) in [6.07, 6.45) is 0.662. The predicted molar refractivity (Wildman–Crippen MR) is 79.5 cm³/mol. The molecular weight excluding hydrogens is 310 g/mol. The van der Waals surface area contributed by atoms with Gasteiger partial charge >= 0.3 is 0 Å². The van der Waals surface area contributed by atoms with Crippen LogP contribution in [0.3, 0.4) is 0 Å². The Bertz CT molecular complexity index is 673. The van der Waals surface area contributed by atoms with Gasteiger partial charge in [-0.05, 0) is 30.5 Å². The van der Waals surface area contributed by atoms with E-state index in [0.717, 1.165) is 12.1 Å². The number of hydrogen-bond acceptors (Lipinski definition) is 4. The highest BCUT2D eigenvalue weighted by molar-refractivity contribution is 7.84. The first-order chi connectivity index (χ1) is 10.4. The first-order valence-electron chi connectivity index (χ1n) is 7.00. The quantitative estimate of drug-likeness (QED) is 0.813. The van der Waals surface area contributed by atoms with Crippen LogP contribution in [0.25, 0.3) is 0 Å². The Morgan fingerprint density at radius 3 is 2.55 bits per heavy atom. The third-order valence-corrected chi connectivity index (χ3v) is 4.71. The molecule has 0 aliphatic rings. The van der Waals surface area contributed by atoms with Gasteiger partial charge in [0.1, 0.15) is 5.25 Å². The second kappa shape index (κ2) is 7.09. The Morgan fingerprint density at radius 1 is 1.18 bits per heavy atom. The van der Waals surface area contributed by atoms with Crippen LogP contribution >= 0.6 is 0 Å². The maximum absolute atomic E-state index is 13.2. The van der Waals surface area contributed by atoms with E-state index in [4.69, 9.17) is 4.42 Å². The molecule has 7 heteroatoms. The third-order valence-electron chi connectivity index (χ3n) is 3.10. The van der Waals surface area contributed by atoms with E-state index < -0.39 is 27.7 Å². The van der Waals surface area contributed by atoms with Gasteiger partial charge in [0.05, 0.1) is 0 Å². The first-order valence-corrected chi connectivity index (χ1v) is 8.38. The van der Waals surface area contributed by atoms with Crippen LogP contribution in [0.5, 0.6) is 0 Å². The fraction of sp³-hybridized carbons (Fsp3) is 0.467. The maximum Gasteiger partial charge on any atom is 0.231 e. The van der Waals surface area contributed by atoms with Crippen LogP contribution in [-0.4, -0.2) is 14.4 Å². The van der Waals surface area contributed by atoms with Crippen molar-refractivity contribution in [2.24, 2.45) is 5.92 Å². The molecule has 0 fully saturated rings. The average molecular weight is 328 g/mol. The van der Waals surface area contributed by atoms with E-state index in [1.807, 2.05) is 13.8 Å². The molecule has 1 heterocycles. The standard InChI is InChI=1S/C15H18F2N2O2S/c1-9(2)6-14-18-19-15(21-14)10(3)22(20)8-11-4-5-12(16)13(17)7-11/h4-5,7,9-10H,6,8H2,1-3H3/t10-,22-/m0/s1. The summed E-state index contributed by atoms with van der Waals surface area (Å²) < 4.78 is 43.9. The van der Waals surface area contributed by atoms with Crippen molar-refractivity contribution in [1.29, 1.82) is 0 Å². The molecular formula is C15H18F2N2O2S. The molecule has 0 radical (unpaired) electrons. The molecule has 0 aliphatic carbocycles. The molecule has 2 aromatic rings. The van der Waals surface area contributed by atoms with Crippen molar-refractivity contribution in [2.45, 2.75) is 38.2 Å². The van der Waals surface area contributed by atoms with Crippen LogP contribution in [0, 0.1) is 17.6 Å². The van der Waals surface area contributed by atoms with Crippen LogP contribution in [-0.2, 0) is 23.0 Å². The summed E-state index contributed by atoms with van der Waals surface area (Å²) in [5.74, 6) is -0.563. The minimum atomic E-state index is -1.37. The van der Waals surface area contributed by atoms with Crippen LogP contribution < -0.4 is 0 Å². The van der Waals surface area contributed by atoms with Crippen molar-refractivity contribution in [1.82, 2.24) is 10.2 Å². The lowest BCUT2D eigenvalue weighted by molar-refractivity contribution is 0.425. The summed E-state index contributed by atoms with van der Waals surface area (Å²) in [5.41, 5.74) is 0.464. The summed E-state index contributed by atoms with van der Waals surface area (Å²) in [6.45, 7) is 5.78. The van der Waals surface area contributed by atoms with Gasteiger partial charge in [0.15, 0.2) is 11.6 Å². The van der Waals surface area contributed by atoms with Gasteiger partial charge < -0.3 is 4.42 Å². The van der Waals surface area contributed by atoms with Gasteiger partial charge in [0.25, 0.3) is 0 Å². The number of benzene rings is 1. The molecule has 0 unspecified atom stereocenters. The molecule has 0 N–H and O–H groups in total. The number of rotatable bonds is 6. The molecule has 4 nitrogen and oxygen atoms in total. The molecule has 0 saturated carbocycles. The van der Waals surface area contributed by atoms with Crippen molar-refractivity contribution in [3.05, 3.63) is 47.2 Å². The van der Waals surface area contributed by atoms with E-state index in [-0.39, 0.29) is 5.75 Å². The fourth-order valence-electron chi connectivity index (χ4n) is 1.89. The minimum absolute atomic E-state index is 0.0975. The van der Waals surface area contributed by atoms with Crippen molar-refractivity contribution < 1.29 is 17.4 Å². The number of nitrogens with zero attached hydrogens (tertiary/aromatic N) is 2. The van der Waals surface area contributed by atoms with Crippen molar-refractivity contribution in [3.63, 3.8) is 0 Å². The van der Waals surface area contributed by atoms with Gasteiger partial charge in [-0.3, -0.25) is 4.21 Å². The lowest BCUT2D eigenvalue weighted by Crippen LogP contribution is -2.06. The molecule has 0 spiro atoms. The Kier molecular flexibility index (Phi) is 5.39. The molecule has 0 amide bonds. The molecule has 1 aromatic carbocycles. The largest absolute Gasteiger partial charge is 0.424 e. The summed E-state index contributed by atoms with van der Waals surface area (Å²) in [5, 5.41) is 7.38. The van der Waals surface area contributed by atoms with Crippen molar-refractivity contribution in [2.75, 3.05) is 0 Å². The van der Waals surface area contributed by atoms with Crippen LogP contribution in [0.15, 0.2) is 22.6 Å². The second-order valence-corrected chi connectivity index (χ2v) is 7.31. The molecule has 2 atom stereocenters. The lowest BCUT2D eigenvalue weighted by atomic mass is 10.1. The van der Waals surface area contributed by atoms with E-state index in [0.29, 0.717) is 29.7 Å². The summed E-state index contributed by atoms with van der Waals surface area (Å²) in [4.78, 5) is 0. The zero-order valence-corrected chi connectivity index (χ0v) is 13.5. The van der Waals surface area contributed by atoms with Crippen molar-refractivity contribution in [3.8, 4) is 0 Å². The van der Waals surface area contributed by atoms with Gasteiger partial charge in [0, 0.05) is 23.0 Å². The highest BCUT2D eigenvalue weighted by atomic mass is 32.2. The van der Waals surface area contributed by atoms with Gasteiger partial charge in [-0.25, -0.2) is 8.78 Å². The minimum Gasteiger partial charge on any atom is -0.424 e.